The van der Waals surface area contributed by atoms with Crippen molar-refractivity contribution in [3.63, 3.8) is 0 Å². The number of thiocarbonyl (C=S) groups is 1. The third kappa shape index (κ3) is 1.99. The van der Waals surface area contributed by atoms with E-state index in [2.05, 4.69) is 9.88 Å². The lowest BCUT2D eigenvalue weighted by atomic mass is 10.0. The molecule has 1 aliphatic carbocycles. The average Bonchev–Trinajstić information content (AvgIpc) is 2.88. The standard InChI is InChI=1S/C14H19N3S/c1-9-5-6-12(13(15)18)14(16-9)17-7-10-3-2-4-11(10)8-17/h5-6,10-11H,2-4,7-8H2,1H3,(H2,15,18). The Bertz CT molecular complexity index is 474. The number of aromatic nitrogens is 1. The van der Waals surface area contributed by atoms with Gasteiger partial charge in [-0.3, -0.25) is 0 Å². The highest BCUT2D eigenvalue weighted by atomic mass is 32.1. The number of aryl methyl sites for hydroxylation is 1. The van der Waals surface area contributed by atoms with Gasteiger partial charge < -0.3 is 10.6 Å². The molecule has 1 saturated carbocycles. The van der Waals surface area contributed by atoms with Gasteiger partial charge in [0.1, 0.15) is 10.8 Å². The molecule has 3 nitrogen and oxygen atoms in total. The summed E-state index contributed by atoms with van der Waals surface area (Å²) < 4.78 is 0. The summed E-state index contributed by atoms with van der Waals surface area (Å²) in [5.74, 6) is 2.70. The van der Waals surface area contributed by atoms with E-state index in [1.54, 1.807) is 0 Å². The summed E-state index contributed by atoms with van der Waals surface area (Å²) in [5.41, 5.74) is 7.77. The van der Waals surface area contributed by atoms with Crippen LogP contribution in [0.25, 0.3) is 0 Å². The van der Waals surface area contributed by atoms with Crippen LogP contribution in [0.15, 0.2) is 12.1 Å². The van der Waals surface area contributed by atoms with Crippen LogP contribution in [-0.4, -0.2) is 23.1 Å². The van der Waals surface area contributed by atoms with Gasteiger partial charge in [0.2, 0.25) is 0 Å². The molecule has 2 fully saturated rings. The first kappa shape index (κ1) is 11.9. The van der Waals surface area contributed by atoms with Crippen molar-refractivity contribution in [2.75, 3.05) is 18.0 Å². The Hall–Kier alpha value is -1.16. The van der Waals surface area contributed by atoms with Gasteiger partial charge >= 0.3 is 0 Å². The van der Waals surface area contributed by atoms with E-state index in [0.717, 1.165) is 42.0 Å². The molecule has 1 aliphatic heterocycles. The molecule has 96 valence electrons. The minimum atomic E-state index is 0.453. The monoisotopic (exact) mass is 261 g/mol. The Morgan fingerprint density at radius 1 is 1.33 bits per heavy atom. The molecule has 0 spiro atoms. The molecular weight excluding hydrogens is 242 g/mol. The summed E-state index contributed by atoms with van der Waals surface area (Å²) in [6.45, 7) is 4.26. The van der Waals surface area contributed by atoms with Gasteiger partial charge in [0.15, 0.2) is 0 Å². The van der Waals surface area contributed by atoms with Crippen LogP contribution in [0.3, 0.4) is 0 Å². The SMILES string of the molecule is Cc1ccc(C(N)=S)c(N2CC3CCCC3C2)n1. The maximum absolute atomic E-state index is 5.81. The molecule has 0 bridgehead atoms. The Morgan fingerprint density at radius 2 is 2.00 bits per heavy atom. The first-order valence-corrected chi connectivity index (χ1v) is 7.08. The van der Waals surface area contributed by atoms with E-state index in [1.807, 2.05) is 19.1 Å². The highest BCUT2D eigenvalue weighted by Gasteiger charge is 2.37. The minimum absolute atomic E-state index is 0.453. The third-order valence-corrected chi connectivity index (χ3v) is 4.53. The van der Waals surface area contributed by atoms with Crippen molar-refractivity contribution in [3.05, 3.63) is 23.4 Å². The maximum atomic E-state index is 5.81. The van der Waals surface area contributed by atoms with Crippen molar-refractivity contribution >= 4 is 23.0 Å². The number of anilines is 1. The maximum Gasteiger partial charge on any atom is 0.139 e. The van der Waals surface area contributed by atoms with Crippen molar-refractivity contribution in [1.29, 1.82) is 0 Å². The number of rotatable bonds is 2. The molecule has 1 aromatic rings. The summed E-state index contributed by atoms with van der Waals surface area (Å²) in [6.07, 6.45) is 4.14. The second-order valence-corrected chi connectivity index (χ2v) is 5.98. The van der Waals surface area contributed by atoms with Crippen molar-refractivity contribution in [3.8, 4) is 0 Å². The smallest absolute Gasteiger partial charge is 0.139 e. The first-order chi connectivity index (χ1) is 8.65. The van der Waals surface area contributed by atoms with E-state index < -0.39 is 0 Å². The average molecular weight is 261 g/mol. The van der Waals surface area contributed by atoms with Crippen molar-refractivity contribution in [2.45, 2.75) is 26.2 Å². The molecule has 2 unspecified atom stereocenters. The van der Waals surface area contributed by atoms with Crippen LogP contribution < -0.4 is 10.6 Å². The molecule has 0 amide bonds. The summed E-state index contributed by atoms with van der Waals surface area (Å²) in [6, 6.07) is 3.99. The lowest BCUT2D eigenvalue weighted by molar-refractivity contribution is 0.494. The Labute approximate surface area is 113 Å². The molecule has 18 heavy (non-hydrogen) atoms. The van der Waals surface area contributed by atoms with Crippen LogP contribution in [0.5, 0.6) is 0 Å². The number of nitrogens with two attached hydrogens (primary N) is 1. The van der Waals surface area contributed by atoms with E-state index in [4.69, 9.17) is 18.0 Å². The fourth-order valence-electron chi connectivity index (χ4n) is 3.38. The van der Waals surface area contributed by atoms with Crippen molar-refractivity contribution in [1.82, 2.24) is 4.98 Å². The number of pyridine rings is 1. The molecule has 4 heteroatoms. The number of fused-ring (bicyclic) bond motifs is 1. The second-order valence-electron chi connectivity index (χ2n) is 5.54. The number of hydrogen-bond donors (Lipinski definition) is 1. The molecular formula is C14H19N3S. The predicted octanol–water partition coefficient (Wildman–Crippen LogP) is 2.26. The van der Waals surface area contributed by atoms with Gasteiger partial charge in [-0.15, -0.1) is 0 Å². The third-order valence-electron chi connectivity index (χ3n) is 4.31. The Morgan fingerprint density at radius 3 is 2.61 bits per heavy atom. The van der Waals surface area contributed by atoms with Crippen LogP contribution in [-0.2, 0) is 0 Å². The van der Waals surface area contributed by atoms with Crippen LogP contribution in [0.2, 0.25) is 0 Å². The summed E-state index contributed by atoms with van der Waals surface area (Å²) >= 11 is 5.14. The fourth-order valence-corrected chi connectivity index (χ4v) is 3.54. The molecule has 1 saturated heterocycles. The quantitative estimate of drug-likeness (QED) is 0.829. The van der Waals surface area contributed by atoms with E-state index in [9.17, 15) is 0 Å². The molecule has 0 aromatic carbocycles. The van der Waals surface area contributed by atoms with E-state index >= 15 is 0 Å². The Kier molecular flexibility index (Phi) is 2.98. The van der Waals surface area contributed by atoms with E-state index in [1.165, 1.54) is 19.3 Å². The van der Waals surface area contributed by atoms with Gasteiger partial charge in [-0.25, -0.2) is 4.98 Å². The van der Waals surface area contributed by atoms with Gasteiger partial charge in [-0.1, -0.05) is 18.6 Å². The van der Waals surface area contributed by atoms with Crippen LogP contribution in [0.4, 0.5) is 5.82 Å². The molecule has 2 heterocycles. The van der Waals surface area contributed by atoms with Crippen LogP contribution in [0, 0.1) is 18.8 Å². The normalized spacial score (nSPS) is 26.4. The molecule has 2 aliphatic rings. The highest BCUT2D eigenvalue weighted by Crippen LogP contribution is 2.39. The zero-order chi connectivity index (χ0) is 12.7. The molecule has 0 radical (unpaired) electrons. The Balaban J connectivity index is 1.92. The van der Waals surface area contributed by atoms with E-state index in [0.29, 0.717) is 4.99 Å². The molecule has 1 aromatic heterocycles. The minimum Gasteiger partial charge on any atom is -0.389 e. The topological polar surface area (TPSA) is 42.1 Å². The largest absolute Gasteiger partial charge is 0.389 e. The lowest BCUT2D eigenvalue weighted by Gasteiger charge is -2.21. The first-order valence-electron chi connectivity index (χ1n) is 6.67. The highest BCUT2D eigenvalue weighted by molar-refractivity contribution is 7.80. The zero-order valence-corrected chi connectivity index (χ0v) is 11.5. The molecule has 3 rings (SSSR count). The number of nitrogens with zero attached hydrogens (tertiary/aromatic N) is 2. The van der Waals surface area contributed by atoms with Gasteiger partial charge in [0.05, 0.1) is 5.56 Å². The van der Waals surface area contributed by atoms with Gasteiger partial charge in [-0.2, -0.15) is 0 Å². The molecule has 2 atom stereocenters. The van der Waals surface area contributed by atoms with Crippen molar-refractivity contribution in [2.24, 2.45) is 17.6 Å². The fraction of sp³-hybridized carbons (Fsp3) is 0.571. The summed E-state index contributed by atoms with van der Waals surface area (Å²) in [7, 11) is 0. The van der Waals surface area contributed by atoms with E-state index in [-0.39, 0.29) is 0 Å². The van der Waals surface area contributed by atoms with Gasteiger partial charge in [0.25, 0.3) is 0 Å². The number of hydrogen-bond acceptors (Lipinski definition) is 3. The summed E-state index contributed by atoms with van der Waals surface area (Å²) in [4.78, 5) is 7.50. The second kappa shape index (κ2) is 4.50. The van der Waals surface area contributed by atoms with Gasteiger partial charge in [0, 0.05) is 18.8 Å². The molecule has 2 N–H and O–H groups in total. The van der Waals surface area contributed by atoms with Crippen LogP contribution in [0.1, 0.15) is 30.5 Å². The lowest BCUT2D eigenvalue weighted by Crippen LogP contribution is -2.26. The van der Waals surface area contributed by atoms with Gasteiger partial charge in [-0.05, 0) is 43.7 Å². The van der Waals surface area contributed by atoms with Crippen molar-refractivity contribution < 1.29 is 0 Å². The predicted molar refractivity (Wildman–Crippen MR) is 77.9 cm³/mol. The summed E-state index contributed by atoms with van der Waals surface area (Å²) in [5, 5.41) is 0. The zero-order valence-electron chi connectivity index (χ0n) is 10.7. The van der Waals surface area contributed by atoms with Crippen LogP contribution >= 0.6 is 12.2 Å².